The first-order chi connectivity index (χ1) is 8.58. The average Bonchev–Trinajstić information content (AvgIpc) is 2.32. The molecule has 0 spiro atoms. The topological polar surface area (TPSA) is 58.2 Å². The number of piperidine rings is 1. The largest absolute Gasteiger partial charge is 0.354 e. The molecular weight excluding hydrogens is 364 g/mol. The zero-order chi connectivity index (χ0) is 13.1. The number of hydrogen-bond acceptors (Lipinski definition) is 2. The third-order valence-electron chi connectivity index (χ3n) is 2.77. The second-order valence-corrected chi connectivity index (χ2v) is 5.85. The molecule has 1 fully saturated rings. The van der Waals surface area contributed by atoms with Gasteiger partial charge < -0.3 is 10.6 Å². The standard InChI is InChI=1S/C12H12Br2N2O2/c13-7-3-4-8(9(14)6-7)11(17)16-10-2-1-5-15-12(10)18/h3-4,6,10H,1-2,5H2,(H,15,18)(H,16,17). The highest BCUT2D eigenvalue weighted by molar-refractivity contribution is 9.11. The smallest absolute Gasteiger partial charge is 0.253 e. The zero-order valence-electron chi connectivity index (χ0n) is 9.50. The molecule has 0 aromatic heterocycles. The van der Waals surface area contributed by atoms with Crippen LogP contribution in [0.1, 0.15) is 23.2 Å². The summed E-state index contributed by atoms with van der Waals surface area (Å²) < 4.78 is 1.59. The molecule has 0 radical (unpaired) electrons. The average molecular weight is 376 g/mol. The minimum Gasteiger partial charge on any atom is -0.354 e. The molecule has 1 aliphatic rings. The minimum atomic E-state index is -0.429. The van der Waals surface area contributed by atoms with Crippen molar-refractivity contribution >= 4 is 43.7 Å². The lowest BCUT2D eigenvalue weighted by Gasteiger charge is -2.22. The summed E-state index contributed by atoms with van der Waals surface area (Å²) in [6.07, 6.45) is 1.57. The summed E-state index contributed by atoms with van der Waals surface area (Å²) in [4.78, 5) is 23.6. The summed E-state index contributed by atoms with van der Waals surface area (Å²) >= 11 is 6.66. The van der Waals surface area contributed by atoms with Crippen LogP contribution in [0.4, 0.5) is 0 Å². The summed E-state index contributed by atoms with van der Waals surface area (Å²) in [5, 5.41) is 5.49. The molecule has 0 saturated carbocycles. The lowest BCUT2D eigenvalue weighted by Crippen LogP contribution is -2.50. The van der Waals surface area contributed by atoms with E-state index >= 15 is 0 Å². The molecule has 1 aromatic rings. The van der Waals surface area contributed by atoms with E-state index in [0.29, 0.717) is 23.0 Å². The number of carbonyl (C=O) groups is 2. The van der Waals surface area contributed by atoms with Gasteiger partial charge in [-0.05, 0) is 47.0 Å². The van der Waals surface area contributed by atoms with E-state index in [9.17, 15) is 9.59 Å². The Morgan fingerprint density at radius 2 is 2.17 bits per heavy atom. The van der Waals surface area contributed by atoms with E-state index in [2.05, 4.69) is 42.5 Å². The first kappa shape index (κ1) is 13.5. The first-order valence-corrected chi connectivity index (χ1v) is 7.20. The highest BCUT2D eigenvalue weighted by Crippen LogP contribution is 2.22. The normalized spacial score (nSPS) is 19.2. The van der Waals surface area contributed by atoms with E-state index in [1.54, 1.807) is 18.2 Å². The number of carbonyl (C=O) groups excluding carboxylic acids is 2. The Kier molecular flexibility index (Phi) is 4.40. The molecule has 96 valence electrons. The van der Waals surface area contributed by atoms with Gasteiger partial charge >= 0.3 is 0 Å². The molecule has 1 saturated heterocycles. The molecule has 6 heteroatoms. The monoisotopic (exact) mass is 374 g/mol. The molecule has 0 aliphatic carbocycles. The van der Waals surface area contributed by atoms with Gasteiger partial charge in [0.1, 0.15) is 6.04 Å². The summed E-state index contributed by atoms with van der Waals surface area (Å²) in [6, 6.07) is 4.88. The highest BCUT2D eigenvalue weighted by atomic mass is 79.9. The fraction of sp³-hybridized carbons (Fsp3) is 0.333. The van der Waals surface area contributed by atoms with Gasteiger partial charge in [-0.1, -0.05) is 15.9 Å². The second kappa shape index (κ2) is 5.84. The van der Waals surface area contributed by atoms with Crippen molar-refractivity contribution < 1.29 is 9.59 Å². The molecule has 1 aliphatic heterocycles. The molecule has 0 bridgehead atoms. The van der Waals surface area contributed by atoms with Crippen molar-refractivity contribution in [3.05, 3.63) is 32.7 Å². The fourth-order valence-corrected chi connectivity index (χ4v) is 3.05. The van der Waals surface area contributed by atoms with Crippen LogP contribution >= 0.6 is 31.9 Å². The van der Waals surface area contributed by atoms with Gasteiger partial charge in [0.15, 0.2) is 0 Å². The molecular formula is C12H12Br2N2O2. The van der Waals surface area contributed by atoms with Gasteiger partial charge in [0.25, 0.3) is 5.91 Å². The molecule has 2 amide bonds. The van der Waals surface area contributed by atoms with E-state index in [0.717, 1.165) is 10.9 Å². The van der Waals surface area contributed by atoms with Gasteiger partial charge in [0.2, 0.25) is 5.91 Å². The molecule has 4 nitrogen and oxygen atoms in total. The second-order valence-electron chi connectivity index (χ2n) is 4.08. The predicted octanol–water partition coefficient (Wildman–Crippen LogP) is 2.22. The Balaban J connectivity index is 2.09. The van der Waals surface area contributed by atoms with Crippen molar-refractivity contribution in [2.45, 2.75) is 18.9 Å². The maximum atomic E-state index is 12.1. The van der Waals surface area contributed by atoms with Crippen LogP contribution in [0.5, 0.6) is 0 Å². The van der Waals surface area contributed by atoms with E-state index < -0.39 is 6.04 Å². The van der Waals surface area contributed by atoms with Gasteiger partial charge in [0.05, 0.1) is 5.56 Å². The quantitative estimate of drug-likeness (QED) is 0.832. The third-order valence-corrected chi connectivity index (χ3v) is 3.92. The van der Waals surface area contributed by atoms with Gasteiger partial charge in [-0.25, -0.2) is 0 Å². The molecule has 18 heavy (non-hydrogen) atoms. The van der Waals surface area contributed by atoms with Crippen LogP contribution in [0.15, 0.2) is 27.1 Å². The molecule has 2 rings (SSSR count). The number of rotatable bonds is 2. The molecule has 1 atom stereocenters. The highest BCUT2D eigenvalue weighted by Gasteiger charge is 2.24. The Morgan fingerprint density at radius 1 is 1.39 bits per heavy atom. The Hall–Kier alpha value is -0.880. The van der Waals surface area contributed by atoms with Crippen molar-refractivity contribution in [2.75, 3.05) is 6.54 Å². The van der Waals surface area contributed by atoms with Gasteiger partial charge in [0, 0.05) is 15.5 Å². The molecule has 2 N–H and O–H groups in total. The van der Waals surface area contributed by atoms with E-state index in [1.807, 2.05) is 0 Å². The van der Waals surface area contributed by atoms with Gasteiger partial charge in [-0.3, -0.25) is 9.59 Å². The van der Waals surface area contributed by atoms with Gasteiger partial charge in [-0.15, -0.1) is 0 Å². The summed E-state index contributed by atoms with van der Waals surface area (Å²) in [6.45, 7) is 0.688. The number of benzene rings is 1. The lowest BCUT2D eigenvalue weighted by molar-refractivity contribution is -0.124. The maximum absolute atomic E-state index is 12.1. The van der Waals surface area contributed by atoms with Crippen molar-refractivity contribution in [2.24, 2.45) is 0 Å². The van der Waals surface area contributed by atoms with Crippen molar-refractivity contribution in [3.63, 3.8) is 0 Å². The van der Waals surface area contributed by atoms with Crippen LogP contribution in [0.25, 0.3) is 0 Å². The van der Waals surface area contributed by atoms with Crippen LogP contribution in [0.3, 0.4) is 0 Å². The van der Waals surface area contributed by atoms with Crippen LogP contribution < -0.4 is 10.6 Å². The van der Waals surface area contributed by atoms with Crippen molar-refractivity contribution in [1.29, 1.82) is 0 Å². The van der Waals surface area contributed by atoms with E-state index in [1.165, 1.54) is 0 Å². The number of halogens is 2. The molecule has 1 aromatic carbocycles. The van der Waals surface area contributed by atoms with Gasteiger partial charge in [-0.2, -0.15) is 0 Å². The van der Waals surface area contributed by atoms with Crippen LogP contribution in [0.2, 0.25) is 0 Å². The van der Waals surface area contributed by atoms with Crippen molar-refractivity contribution in [1.82, 2.24) is 10.6 Å². The fourth-order valence-electron chi connectivity index (χ4n) is 1.82. The lowest BCUT2D eigenvalue weighted by atomic mass is 10.1. The van der Waals surface area contributed by atoms with Crippen LogP contribution in [0, 0.1) is 0 Å². The van der Waals surface area contributed by atoms with Crippen LogP contribution in [-0.2, 0) is 4.79 Å². The van der Waals surface area contributed by atoms with Crippen LogP contribution in [-0.4, -0.2) is 24.4 Å². The Bertz CT molecular complexity index is 491. The molecule has 1 heterocycles. The molecule has 1 unspecified atom stereocenters. The SMILES string of the molecule is O=C(NC1CCCNC1=O)c1ccc(Br)cc1Br. The summed E-state index contributed by atoms with van der Waals surface area (Å²) in [5.41, 5.74) is 0.525. The van der Waals surface area contributed by atoms with E-state index in [4.69, 9.17) is 0 Å². The maximum Gasteiger partial charge on any atom is 0.253 e. The number of hydrogen-bond donors (Lipinski definition) is 2. The summed E-state index contributed by atoms with van der Waals surface area (Å²) in [7, 11) is 0. The Labute approximate surface area is 122 Å². The summed E-state index contributed by atoms with van der Waals surface area (Å²) in [5.74, 6) is -0.348. The first-order valence-electron chi connectivity index (χ1n) is 5.61. The minimum absolute atomic E-state index is 0.108. The Morgan fingerprint density at radius 3 is 2.83 bits per heavy atom. The van der Waals surface area contributed by atoms with Crippen molar-refractivity contribution in [3.8, 4) is 0 Å². The van der Waals surface area contributed by atoms with E-state index in [-0.39, 0.29) is 11.8 Å². The number of amides is 2. The third kappa shape index (κ3) is 3.11. The zero-order valence-corrected chi connectivity index (χ0v) is 12.7. The number of nitrogens with one attached hydrogen (secondary N) is 2. The predicted molar refractivity (Wildman–Crippen MR) is 75.3 cm³/mol.